The van der Waals surface area contributed by atoms with Gasteiger partial charge in [0.05, 0.1) is 37.4 Å². The minimum Gasteiger partial charge on any atom is -0.493 e. The van der Waals surface area contributed by atoms with Crippen molar-refractivity contribution in [3.63, 3.8) is 0 Å². The first kappa shape index (κ1) is 29.9. The van der Waals surface area contributed by atoms with Gasteiger partial charge in [0, 0.05) is 23.0 Å². The van der Waals surface area contributed by atoms with Gasteiger partial charge in [-0.2, -0.15) is 0 Å². The molecule has 1 aliphatic rings. The fourth-order valence-corrected chi connectivity index (χ4v) is 5.88. The molecule has 6 rings (SSSR count). The number of ether oxygens (including phenoxy) is 3. The molecular formula is C34H28FN3O6S. The lowest BCUT2D eigenvalue weighted by Crippen LogP contribution is -2.36. The number of amides is 2. The van der Waals surface area contributed by atoms with E-state index in [1.165, 1.54) is 42.6 Å². The molecule has 45 heavy (non-hydrogen) atoms. The van der Waals surface area contributed by atoms with Crippen molar-refractivity contribution in [1.29, 1.82) is 0 Å². The Bertz CT molecular complexity index is 1840. The summed E-state index contributed by atoms with van der Waals surface area (Å²) in [7, 11) is 3.00. The first-order valence-electron chi connectivity index (χ1n) is 14.0. The predicted molar refractivity (Wildman–Crippen MR) is 169 cm³/mol. The largest absolute Gasteiger partial charge is 0.493 e. The Balaban J connectivity index is 1.17. The van der Waals surface area contributed by atoms with Crippen molar-refractivity contribution in [2.24, 2.45) is 0 Å². The Morgan fingerprint density at radius 1 is 0.911 bits per heavy atom. The van der Waals surface area contributed by atoms with Gasteiger partial charge in [-0.05, 0) is 66.2 Å². The van der Waals surface area contributed by atoms with Crippen LogP contribution in [0.2, 0.25) is 0 Å². The second-order valence-electron chi connectivity index (χ2n) is 10.3. The number of benzene rings is 4. The summed E-state index contributed by atoms with van der Waals surface area (Å²) in [6.07, 6.45) is -1.87. The van der Waals surface area contributed by atoms with Crippen molar-refractivity contribution < 1.29 is 33.0 Å². The molecular weight excluding hydrogens is 597 g/mol. The highest BCUT2D eigenvalue weighted by atomic mass is 32.1. The van der Waals surface area contributed by atoms with Crippen LogP contribution < -0.4 is 19.7 Å². The van der Waals surface area contributed by atoms with E-state index in [-0.39, 0.29) is 18.7 Å². The van der Waals surface area contributed by atoms with Gasteiger partial charge < -0.3 is 24.4 Å². The quantitative estimate of drug-likeness (QED) is 0.146. The summed E-state index contributed by atoms with van der Waals surface area (Å²) in [5.74, 6) is -0.489. The van der Waals surface area contributed by atoms with Crippen LogP contribution in [0.15, 0.2) is 91.0 Å². The number of thiazole rings is 1. The number of epoxide rings is 1. The highest BCUT2D eigenvalue weighted by Crippen LogP contribution is 2.33. The molecule has 0 spiro atoms. The van der Waals surface area contributed by atoms with Gasteiger partial charge in [-0.3, -0.25) is 14.4 Å². The molecule has 0 saturated carbocycles. The first-order chi connectivity index (χ1) is 21.8. The zero-order chi connectivity index (χ0) is 31.5. The molecule has 0 bridgehead atoms. The van der Waals surface area contributed by atoms with Gasteiger partial charge in [0.1, 0.15) is 10.8 Å². The van der Waals surface area contributed by atoms with Gasteiger partial charge in [0.15, 0.2) is 29.5 Å². The maximum atomic E-state index is 13.7. The van der Waals surface area contributed by atoms with Gasteiger partial charge >= 0.3 is 0 Å². The van der Waals surface area contributed by atoms with Crippen LogP contribution in [0.3, 0.4) is 0 Å². The smallest absolute Gasteiger partial charge is 0.259 e. The lowest BCUT2D eigenvalue weighted by molar-refractivity contribution is -0.120. The van der Waals surface area contributed by atoms with Crippen molar-refractivity contribution in [3.8, 4) is 11.5 Å². The molecule has 1 aromatic heterocycles. The second kappa shape index (κ2) is 12.8. The molecule has 4 aromatic carbocycles. The molecule has 1 saturated heterocycles. The van der Waals surface area contributed by atoms with E-state index in [0.29, 0.717) is 34.0 Å². The molecule has 2 heterocycles. The molecule has 2 amide bonds. The number of rotatable bonds is 11. The summed E-state index contributed by atoms with van der Waals surface area (Å²) < 4.78 is 30.7. The summed E-state index contributed by atoms with van der Waals surface area (Å²) in [6, 6.07) is 25.1. The Morgan fingerprint density at radius 2 is 1.64 bits per heavy atom. The third kappa shape index (κ3) is 6.69. The summed E-state index contributed by atoms with van der Waals surface area (Å²) in [5, 5.41) is 3.47. The number of halogens is 1. The van der Waals surface area contributed by atoms with Gasteiger partial charge in [0.25, 0.3) is 11.8 Å². The Hall–Kier alpha value is -5.13. The number of hydrogen-bond acceptors (Lipinski definition) is 8. The summed E-state index contributed by atoms with van der Waals surface area (Å²) in [4.78, 5) is 45.7. The van der Waals surface area contributed by atoms with E-state index in [4.69, 9.17) is 14.2 Å². The molecule has 11 heteroatoms. The van der Waals surface area contributed by atoms with Crippen LogP contribution in [0.1, 0.15) is 20.9 Å². The average molecular weight is 626 g/mol. The number of hydrogen-bond donors (Lipinski definition) is 1. The molecule has 1 N–H and O–H groups in total. The number of methoxy groups -OCH3 is 2. The first-order valence-corrected chi connectivity index (χ1v) is 14.9. The van der Waals surface area contributed by atoms with E-state index >= 15 is 0 Å². The zero-order valence-electron chi connectivity index (χ0n) is 24.4. The monoisotopic (exact) mass is 625 g/mol. The highest BCUT2D eigenvalue weighted by molar-refractivity contribution is 7.18. The van der Waals surface area contributed by atoms with Crippen molar-refractivity contribution in [2.45, 2.75) is 25.2 Å². The normalized spacial score (nSPS) is 15.4. The van der Waals surface area contributed by atoms with Crippen molar-refractivity contribution in [2.75, 3.05) is 24.4 Å². The number of Topliss-reactive ketones (excluding diaryl/α,β-unsaturated/α-hetero) is 1. The number of fused-ring (bicyclic) bond motifs is 1. The van der Waals surface area contributed by atoms with Crippen LogP contribution in [0.25, 0.3) is 10.2 Å². The SMILES string of the molecule is COc1ccc(NC(=O)[C@H]2O[C@@H]2C(=O)N(Cc2ccc(F)cc2)c2ccc(C(=O)Cc3nc4ccccc4s3)cc2)cc1OC. The minimum atomic E-state index is -1.02. The van der Waals surface area contributed by atoms with Gasteiger partial charge in [-0.25, -0.2) is 9.37 Å². The predicted octanol–water partition coefficient (Wildman–Crippen LogP) is 5.82. The maximum Gasteiger partial charge on any atom is 0.259 e. The van der Waals surface area contributed by atoms with Crippen molar-refractivity contribution in [3.05, 3.63) is 113 Å². The standard InChI is InChI=1S/C34H28FN3O6S/c1-42-27-16-13-23(17-28(27)43-2)36-33(40)31-32(44-31)34(41)38(19-20-7-11-22(35)12-8-20)24-14-9-21(10-15-24)26(39)18-30-37-25-5-3-4-6-29(25)45-30/h3-17,31-32H,18-19H2,1-2H3,(H,36,40)/t31-,32-/m0/s1. The number of nitrogens with one attached hydrogen (secondary N) is 1. The molecule has 5 aromatic rings. The van der Waals surface area contributed by atoms with E-state index < -0.39 is 29.8 Å². The molecule has 1 aliphatic heterocycles. The average Bonchev–Trinajstić information content (AvgIpc) is 3.77. The lowest BCUT2D eigenvalue weighted by Gasteiger charge is -2.23. The molecule has 0 aliphatic carbocycles. The number of carbonyl (C=O) groups is 3. The van der Waals surface area contributed by atoms with Crippen LogP contribution >= 0.6 is 11.3 Å². The lowest BCUT2D eigenvalue weighted by atomic mass is 10.1. The van der Waals surface area contributed by atoms with E-state index in [1.54, 1.807) is 54.6 Å². The Kier molecular flexibility index (Phi) is 8.54. The topological polar surface area (TPSA) is 110 Å². The molecule has 228 valence electrons. The van der Waals surface area contributed by atoms with Crippen LogP contribution in [0, 0.1) is 5.82 Å². The number of carbonyl (C=O) groups excluding carboxylic acids is 3. The van der Waals surface area contributed by atoms with Crippen molar-refractivity contribution in [1.82, 2.24) is 4.98 Å². The van der Waals surface area contributed by atoms with Crippen LogP contribution in [-0.2, 0) is 27.3 Å². The van der Waals surface area contributed by atoms with Crippen LogP contribution in [0.4, 0.5) is 15.8 Å². The Morgan fingerprint density at radius 3 is 2.36 bits per heavy atom. The van der Waals surface area contributed by atoms with E-state index in [0.717, 1.165) is 15.2 Å². The zero-order valence-corrected chi connectivity index (χ0v) is 25.2. The number of ketones is 1. The summed E-state index contributed by atoms with van der Waals surface area (Å²) in [5.41, 5.74) is 2.95. The van der Waals surface area contributed by atoms with Gasteiger partial charge in [0.2, 0.25) is 0 Å². The number of nitrogens with zero attached hydrogens (tertiary/aromatic N) is 2. The van der Waals surface area contributed by atoms with Crippen LogP contribution in [0.5, 0.6) is 11.5 Å². The maximum absolute atomic E-state index is 13.7. The van der Waals surface area contributed by atoms with Crippen LogP contribution in [-0.4, -0.2) is 49.0 Å². The molecule has 2 atom stereocenters. The molecule has 0 unspecified atom stereocenters. The number of para-hydroxylation sites is 1. The molecule has 1 fully saturated rings. The third-order valence-corrected chi connectivity index (χ3v) is 8.35. The summed E-state index contributed by atoms with van der Waals surface area (Å²) >= 11 is 1.48. The third-order valence-electron chi connectivity index (χ3n) is 7.32. The van der Waals surface area contributed by atoms with E-state index in [9.17, 15) is 18.8 Å². The summed E-state index contributed by atoms with van der Waals surface area (Å²) in [6.45, 7) is 0.0992. The van der Waals surface area contributed by atoms with Gasteiger partial charge in [-0.1, -0.05) is 24.3 Å². The number of anilines is 2. The number of aromatic nitrogens is 1. The highest BCUT2D eigenvalue weighted by Gasteiger charge is 2.52. The fourth-order valence-electron chi connectivity index (χ4n) is 4.91. The fraction of sp³-hybridized carbons (Fsp3) is 0.176. The van der Waals surface area contributed by atoms with Crippen molar-refractivity contribution >= 4 is 50.5 Å². The molecule has 0 radical (unpaired) electrons. The molecule has 9 nitrogen and oxygen atoms in total. The van der Waals surface area contributed by atoms with E-state index in [2.05, 4.69) is 10.3 Å². The Labute approximate surface area is 262 Å². The van der Waals surface area contributed by atoms with E-state index in [1.807, 2.05) is 24.3 Å². The second-order valence-corrected chi connectivity index (χ2v) is 11.4. The minimum absolute atomic E-state index is 0.0992. The van der Waals surface area contributed by atoms with Gasteiger partial charge in [-0.15, -0.1) is 11.3 Å².